The summed E-state index contributed by atoms with van der Waals surface area (Å²) in [6.07, 6.45) is 6.90. The summed E-state index contributed by atoms with van der Waals surface area (Å²) in [6, 6.07) is 7.90. The van der Waals surface area contributed by atoms with Crippen molar-refractivity contribution in [2.75, 3.05) is 0 Å². The van der Waals surface area contributed by atoms with Crippen LogP contribution in [-0.2, 0) is 0 Å². The van der Waals surface area contributed by atoms with E-state index >= 15 is 0 Å². The maximum atomic E-state index is 10.7. The van der Waals surface area contributed by atoms with Crippen LogP contribution in [0.1, 0.15) is 49.0 Å². The summed E-state index contributed by atoms with van der Waals surface area (Å²) in [5.74, 6) is 0. The Hall–Kier alpha value is -1.37. The minimum atomic E-state index is 0.296. The molecule has 0 aromatic heterocycles. The summed E-state index contributed by atoms with van der Waals surface area (Å²) < 4.78 is 0. The Balaban J connectivity index is 2.36. The number of carbonyl (C=O) groups excluding carboxylic acids is 1. The zero-order valence-electron chi connectivity index (χ0n) is 9.99. The Bertz CT molecular complexity index is 427. The van der Waals surface area contributed by atoms with Gasteiger partial charge >= 0.3 is 0 Å². The molecule has 0 spiro atoms. The molecule has 0 atom stereocenters. The topological polar surface area (TPSA) is 17.1 Å². The second kappa shape index (κ2) is 4.25. The number of rotatable bonds is 2. The van der Waals surface area contributed by atoms with E-state index in [4.69, 9.17) is 0 Å². The monoisotopic (exact) mass is 214 g/mol. The minimum Gasteiger partial charge on any atom is -0.298 e. The van der Waals surface area contributed by atoms with Gasteiger partial charge in [-0.05, 0) is 41.9 Å². The normalized spacial score (nSPS) is 19.0. The van der Waals surface area contributed by atoms with Crippen LogP contribution < -0.4 is 0 Å². The average molecular weight is 214 g/mol. The van der Waals surface area contributed by atoms with E-state index in [9.17, 15) is 4.79 Å². The molecule has 1 aromatic carbocycles. The molecule has 0 N–H and O–H groups in total. The lowest BCUT2D eigenvalue weighted by atomic mass is 9.78. The molecular weight excluding hydrogens is 196 g/mol. The molecule has 0 saturated heterocycles. The molecule has 16 heavy (non-hydrogen) atoms. The van der Waals surface area contributed by atoms with E-state index in [1.807, 2.05) is 18.2 Å². The SMILES string of the molecule is CC1(C)C=C(c2cccc(C=O)c2)CCC1. The lowest BCUT2D eigenvalue weighted by Crippen LogP contribution is -2.12. The van der Waals surface area contributed by atoms with Gasteiger partial charge in [0.05, 0.1) is 0 Å². The van der Waals surface area contributed by atoms with Crippen molar-refractivity contribution in [2.24, 2.45) is 5.41 Å². The highest BCUT2D eigenvalue weighted by Gasteiger charge is 2.20. The van der Waals surface area contributed by atoms with Crippen molar-refractivity contribution < 1.29 is 4.79 Å². The summed E-state index contributed by atoms with van der Waals surface area (Å²) in [4.78, 5) is 10.7. The Morgan fingerprint density at radius 3 is 2.81 bits per heavy atom. The highest BCUT2D eigenvalue weighted by atomic mass is 16.1. The van der Waals surface area contributed by atoms with Gasteiger partial charge in [0, 0.05) is 5.56 Å². The molecule has 0 amide bonds. The van der Waals surface area contributed by atoms with Gasteiger partial charge in [0.1, 0.15) is 6.29 Å². The maximum Gasteiger partial charge on any atom is 0.150 e. The fourth-order valence-electron chi connectivity index (χ4n) is 2.39. The molecule has 1 aliphatic carbocycles. The van der Waals surface area contributed by atoms with Crippen LogP contribution in [0.3, 0.4) is 0 Å². The number of aldehydes is 1. The summed E-state index contributed by atoms with van der Waals surface area (Å²) >= 11 is 0. The molecule has 84 valence electrons. The van der Waals surface area contributed by atoms with Crippen LogP contribution in [0.5, 0.6) is 0 Å². The van der Waals surface area contributed by atoms with Crippen LogP contribution in [-0.4, -0.2) is 6.29 Å². The van der Waals surface area contributed by atoms with Gasteiger partial charge in [0.15, 0.2) is 0 Å². The van der Waals surface area contributed by atoms with Crippen molar-refractivity contribution >= 4 is 11.9 Å². The standard InChI is InChI=1S/C15H18O/c1-15(2)8-4-7-14(10-15)13-6-3-5-12(9-13)11-16/h3,5-6,9-11H,4,7-8H2,1-2H3. The molecule has 1 heteroatoms. The van der Waals surface area contributed by atoms with Gasteiger partial charge in [-0.1, -0.05) is 38.1 Å². The highest BCUT2D eigenvalue weighted by Crippen LogP contribution is 2.37. The van der Waals surface area contributed by atoms with Crippen LogP contribution in [0.2, 0.25) is 0 Å². The summed E-state index contributed by atoms with van der Waals surface area (Å²) in [6.45, 7) is 4.55. The Kier molecular flexibility index (Phi) is 2.95. The number of carbonyl (C=O) groups is 1. The van der Waals surface area contributed by atoms with Crippen LogP contribution >= 0.6 is 0 Å². The van der Waals surface area contributed by atoms with Crippen molar-refractivity contribution in [2.45, 2.75) is 33.1 Å². The van der Waals surface area contributed by atoms with Crippen molar-refractivity contribution in [3.8, 4) is 0 Å². The number of benzene rings is 1. The van der Waals surface area contributed by atoms with Crippen LogP contribution in [0.4, 0.5) is 0 Å². The molecule has 0 fully saturated rings. The lowest BCUT2D eigenvalue weighted by molar-refractivity contribution is 0.112. The molecule has 1 aromatic rings. The van der Waals surface area contributed by atoms with Gasteiger partial charge in [-0.15, -0.1) is 0 Å². The summed E-state index contributed by atoms with van der Waals surface area (Å²) in [5, 5.41) is 0. The molecule has 2 rings (SSSR count). The second-order valence-corrected chi connectivity index (χ2v) is 5.26. The average Bonchev–Trinajstić information content (AvgIpc) is 2.28. The molecule has 0 saturated carbocycles. The molecule has 1 nitrogen and oxygen atoms in total. The van der Waals surface area contributed by atoms with E-state index in [0.29, 0.717) is 5.41 Å². The van der Waals surface area contributed by atoms with Crippen molar-refractivity contribution in [3.05, 3.63) is 41.5 Å². The van der Waals surface area contributed by atoms with Gasteiger partial charge in [-0.2, -0.15) is 0 Å². The molecule has 0 radical (unpaired) electrons. The van der Waals surface area contributed by atoms with Gasteiger partial charge in [-0.25, -0.2) is 0 Å². The van der Waals surface area contributed by atoms with Crippen molar-refractivity contribution in [1.82, 2.24) is 0 Å². The lowest BCUT2D eigenvalue weighted by Gasteiger charge is -2.27. The third kappa shape index (κ3) is 2.41. The zero-order chi connectivity index (χ0) is 11.6. The molecule has 0 unspecified atom stereocenters. The zero-order valence-corrected chi connectivity index (χ0v) is 9.99. The first-order valence-corrected chi connectivity index (χ1v) is 5.88. The first-order chi connectivity index (χ1) is 7.61. The maximum absolute atomic E-state index is 10.7. The van der Waals surface area contributed by atoms with Gasteiger partial charge in [0.2, 0.25) is 0 Å². The fraction of sp³-hybridized carbons (Fsp3) is 0.400. The van der Waals surface area contributed by atoms with Crippen molar-refractivity contribution in [3.63, 3.8) is 0 Å². The smallest absolute Gasteiger partial charge is 0.150 e. The van der Waals surface area contributed by atoms with E-state index in [1.54, 1.807) is 0 Å². The number of hydrogen-bond donors (Lipinski definition) is 0. The highest BCUT2D eigenvalue weighted by molar-refractivity contribution is 5.78. The predicted molar refractivity (Wildman–Crippen MR) is 67.4 cm³/mol. The molecule has 0 bridgehead atoms. The second-order valence-electron chi connectivity index (χ2n) is 5.26. The Morgan fingerprint density at radius 1 is 1.31 bits per heavy atom. The third-order valence-electron chi connectivity index (χ3n) is 3.23. The third-order valence-corrected chi connectivity index (χ3v) is 3.23. The van der Waals surface area contributed by atoms with Gasteiger partial charge < -0.3 is 0 Å². The van der Waals surface area contributed by atoms with Crippen LogP contribution in [0, 0.1) is 5.41 Å². The predicted octanol–water partition coefficient (Wildman–Crippen LogP) is 4.09. The molecule has 0 heterocycles. The van der Waals surface area contributed by atoms with E-state index in [-0.39, 0.29) is 0 Å². The first-order valence-electron chi connectivity index (χ1n) is 5.88. The van der Waals surface area contributed by atoms with E-state index in [1.165, 1.54) is 24.0 Å². The van der Waals surface area contributed by atoms with Crippen LogP contribution in [0.15, 0.2) is 30.3 Å². The molecule has 1 aliphatic rings. The minimum absolute atomic E-state index is 0.296. The largest absolute Gasteiger partial charge is 0.298 e. The Morgan fingerprint density at radius 2 is 2.12 bits per heavy atom. The summed E-state index contributed by atoms with van der Waals surface area (Å²) in [7, 11) is 0. The summed E-state index contributed by atoms with van der Waals surface area (Å²) in [5.41, 5.74) is 3.66. The first kappa shape index (κ1) is 11.1. The van der Waals surface area contributed by atoms with E-state index < -0.39 is 0 Å². The molecule has 0 aliphatic heterocycles. The van der Waals surface area contributed by atoms with Gasteiger partial charge in [0.25, 0.3) is 0 Å². The van der Waals surface area contributed by atoms with Crippen molar-refractivity contribution in [1.29, 1.82) is 0 Å². The van der Waals surface area contributed by atoms with Crippen LogP contribution in [0.25, 0.3) is 5.57 Å². The van der Waals surface area contributed by atoms with E-state index in [0.717, 1.165) is 18.3 Å². The molecular formula is C15H18O. The number of hydrogen-bond acceptors (Lipinski definition) is 1. The quantitative estimate of drug-likeness (QED) is 0.677. The fourth-order valence-corrected chi connectivity index (χ4v) is 2.39. The Labute approximate surface area is 97.2 Å². The number of allylic oxidation sites excluding steroid dienone is 2. The van der Waals surface area contributed by atoms with Gasteiger partial charge in [-0.3, -0.25) is 4.79 Å². The van der Waals surface area contributed by atoms with E-state index in [2.05, 4.69) is 26.0 Å².